The van der Waals surface area contributed by atoms with Gasteiger partial charge in [0.1, 0.15) is 5.82 Å². The highest BCUT2D eigenvalue weighted by Gasteiger charge is 2.18. The Balaban J connectivity index is 2.08. The lowest BCUT2D eigenvalue weighted by atomic mass is 10.0. The molecule has 0 saturated carbocycles. The fraction of sp³-hybridized carbons (Fsp3) is 0.136. The Labute approximate surface area is 161 Å². The molecule has 0 aliphatic heterocycles. The second kappa shape index (κ2) is 6.71. The standard InChI is InChI=1S/C22H18ClFN2O/c1-2-13-9-10-14-20(11-13)26(12-16-17(23)6-4-7-18(16)24)19-8-3-5-15(21(14)19)22(25)27/h3-11H,2,12H2,1H3,(H2,25,27). The van der Waals surface area contributed by atoms with Gasteiger partial charge in [0.2, 0.25) is 5.91 Å². The predicted molar refractivity (Wildman–Crippen MR) is 108 cm³/mol. The van der Waals surface area contributed by atoms with Crippen LogP contribution in [0.1, 0.15) is 28.4 Å². The molecule has 0 aliphatic rings. The maximum atomic E-state index is 14.4. The van der Waals surface area contributed by atoms with E-state index in [9.17, 15) is 9.18 Å². The van der Waals surface area contributed by atoms with Crippen LogP contribution in [0.25, 0.3) is 21.8 Å². The first-order valence-corrected chi connectivity index (χ1v) is 9.15. The van der Waals surface area contributed by atoms with E-state index >= 15 is 0 Å². The Morgan fingerprint density at radius 1 is 1.11 bits per heavy atom. The van der Waals surface area contributed by atoms with Crippen LogP contribution in [0.2, 0.25) is 5.02 Å². The third kappa shape index (κ3) is 2.86. The summed E-state index contributed by atoms with van der Waals surface area (Å²) >= 11 is 6.26. The highest BCUT2D eigenvalue weighted by atomic mass is 35.5. The van der Waals surface area contributed by atoms with Crippen molar-refractivity contribution in [2.75, 3.05) is 0 Å². The van der Waals surface area contributed by atoms with Crippen molar-refractivity contribution in [1.29, 1.82) is 0 Å². The minimum atomic E-state index is -0.483. The van der Waals surface area contributed by atoms with Gasteiger partial charge in [0.05, 0.1) is 12.1 Å². The molecule has 136 valence electrons. The lowest BCUT2D eigenvalue weighted by Gasteiger charge is -2.11. The van der Waals surface area contributed by atoms with Crippen molar-refractivity contribution in [3.05, 3.63) is 82.1 Å². The number of nitrogens with zero attached hydrogens (tertiary/aromatic N) is 1. The summed E-state index contributed by atoms with van der Waals surface area (Å²) < 4.78 is 16.4. The van der Waals surface area contributed by atoms with Crippen molar-refractivity contribution < 1.29 is 9.18 Å². The molecule has 1 heterocycles. The average Bonchev–Trinajstić information content (AvgIpc) is 2.97. The molecule has 4 aromatic rings. The zero-order chi connectivity index (χ0) is 19.1. The van der Waals surface area contributed by atoms with Gasteiger partial charge in [-0.2, -0.15) is 0 Å². The van der Waals surface area contributed by atoms with Crippen molar-refractivity contribution in [3.63, 3.8) is 0 Å². The topological polar surface area (TPSA) is 48.0 Å². The fourth-order valence-corrected chi connectivity index (χ4v) is 3.85. The van der Waals surface area contributed by atoms with Gasteiger partial charge in [-0.25, -0.2) is 4.39 Å². The van der Waals surface area contributed by atoms with Crippen LogP contribution in [0, 0.1) is 5.82 Å². The molecule has 3 nitrogen and oxygen atoms in total. The van der Waals surface area contributed by atoms with Crippen molar-refractivity contribution in [2.45, 2.75) is 19.9 Å². The summed E-state index contributed by atoms with van der Waals surface area (Å²) in [6, 6.07) is 16.2. The van der Waals surface area contributed by atoms with E-state index in [1.54, 1.807) is 24.3 Å². The van der Waals surface area contributed by atoms with Crippen LogP contribution in [0.5, 0.6) is 0 Å². The molecular formula is C22H18ClFN2O. The number of aryl methyl sites for hydroxylation is 1. The molecule has 2 N–H and O–H groups in total. The van der Waals surface area contributed by atoms with E-state index < -0.39 is 5.91 Å². The molecule has 0 saturated heterocycles. The van der Waals surface area contributed by atoms with Crippen LogP contribution in [0.3, 0.4) is 0 Å². The van der Waals surface area contributed by atoms with E-state index in [1.165, 1.54) is 6.07 Å². The van der Waals surface area contributed by atoms with Gasteiger partial charge in [-0.3, -0.25) is 4.79 Å². The first-order chi connectivity index (χ1) is 13.0. The summed E-state index contributed by atoms with van der Waals surface area (Å²) in [5.74, 6) is -0.835. The lowest BCUT2D eigenvalue weighted by Crippen LogP contribution is -2.11. The molecule has 0 atom stereocenters. The Kier molecular flexibility index (Phi) is 4.36. The van der Waals surface area contributed by atoms with E-state index in [4.69, 9.17) is 17.3 Å². The molecule has 1 aromatic heterocycles. The number of carbonyl (C=O) groups is 1. The number of nitrogens with two attached hydrogens (primary N) is 1. The summed E-state index contributed by atoms with van der Waals surface area (Å²) in [5.41, 5.74) is 9.40. The van der Waals surface area contributed by atoms with Crippen LogP contribution in [-0.2, 0) is 13.0 Å². The molecule has 0 fully saturated rings. The van der Waals surface area contributed by atoms with Gasteiger partial charge in [0, 0.05) is 32.4 Å². The van der Waals surface area contributed by atoms with Crippen molar-refractivity contribution in [2.24, 2.45) is 5.73 Å². The van der Waals surface area contributed by atoms with E-state index in [1.807, 2.05) is 22.8 Å². The Morgan fingerprint density at radius 3 is 2.59 bits per heavy atom. The number of carbonyl (C=O) groups excluding carboxylic acids is 1. The Hall–Kier alpha value is -2.85. The van der Waals surface area contributed by atoms with Gasteiger partial charge in [0.15, 0.2) is 0 Å². The summed E-state index contributed by atoms with van der Waals surface area (Å²) in [5, 5.41) is 2.09. The van der Waals surface area contributed by atoms with Crippen LogP contribution < -0.4 is 5.73 Å². The molecule has 0 spiro atoms. The molecule has 0 bridgehead atoms. The average molecular weight is 381 g/mol. The first kappa shape index (κ1) is 17.6. The second-order valence-electron chi connectivity index (χ2n) is 6.56. The predicted octanol–water partition coefficient (Wildman–Crippen LogP) is 5.30. The minimum Gasteiger partial charge on any atom is -0.366 e. The second-order valence-corrected chi connectivity index (χ2v) is 6.96. The van der Waals surface area contributed by atoms with Crippen molar-refractivity contribution in [3.8, 4) is 0 Å². The SMILES string of the molecule is CCc1ccc2c3c(C(N)=O)cccc3n(Cc3c(F)cccc3Cl)c2c1. The number of primary amides is 1. The first-order valence-electron chi connectivity index (χ1n) is 8.77. The van der Waals surface area contributed by atoms with Crippen molar-refractivity contribution in [1.82, 2.24) is 4.57 Å². The van der Waals surface area contributed by atoms with Crippen molar-refractivity contribution >= 4 is 39.3 Å². The molecular weight excluding hydrogens is 363 g/mol. The monoisotopic (exact) mass is 380 g/mol. The zero-order valence-corrected chi connectivity index (χ0v) is 15.6. The highest BCUT2D eigenvalue weighted by molar-refractivity contribution is 6.31. The fourth-order valence-electron chi connectivity index (χ4n) is 3.63. The molecule has 0 radical (unpaired) electrons. The number of benzene rings is 3. The highest BCUT2D eigenvalue weighted by Crippen LogP contribution is 2.34. The molecule has 0 unspecified atom stereocenters. The van der Waals surface area contributed by atoms with Gasteiger partial charge in [0.25, 0.3) is 0 Å². The molecule has 0 aliphatic carbocycles. The Bertz CT molecular complexity index is 1180. The third-order valence-electron chi connectivity index (χ3n) is 5.01. The summed E-state index contributed by atoms with van der Waals surface area (Å²) in [7, 11) is 0. The number of halogens is 2. The summed E-state index contributed by atoms with van der Waals surface area (Å²) in [6.07, 6.45) is 0.876. The number of aromatic nitrogens is 1. The Morgan fingerprint density at radius 2 is 1.89 bits per heavy atom. The minimum absolute atomic E-state index is 0.265. The summed E-state index contributed by atoms with van der Waals surface area (Å²) in [6.45, 7) is 2.34. The number of fused-ring (bicyclic) bond motifs is 3. The quantitative estimate of drug-likeness (QED) is 0.513. The van der Waals surface area contributed by atoms with E-state index in [0.29, 0.717) is 16.1 Å². The van der Waals surface area contributed by atoms with E-state index in [-0.39, 0.29) is 12.4 Å². The maximum absolute atomic E-state index is 14.4. The van der Waals surface area contributed by atoms with Gasteiger partial charge in [-0.1, -0.05) is 42.8 Å². The molecule has 1 amide bonds. The van der Waals surface area contributed by atoms with Crippen LogP contribution in [-0.4, -0.2) is 10.5 Å². The zero-order valence-electron chi connectivity index (χ0n) is 14.8. The smallest absolute Gasteiger partial charge is 0.249 e. The summed E-state index contributed by atoms with van der Waals surface area (Å²) in [4.78, 5) is 12.0. The third-order valence-corrected chi connectivity index (χ3v) is 5.36. The number of rotatable bonds is 4. The van der Waals surface area contributed by atoms with Crippen LogP contribution in [0.15, 0.2) is 54.6 Å². The van der Waals surface area contributed by atoms with Gasteiger partial charge in [-0.15, -0.1) is 0 Å². The molecule has 27 heavy (non-hydrogen) atoms. The molecule has 4 rings (SSSR count). The largest absolute Gasteiger partial charge is 0.366 e. The normalized spacial score (nSPS) is 11.4. The maximum Gasteiger partial charge on any atom is 0.249 e. The van der Waals surface area contributed by atoms with Gasteiger partial charge < -0.3 is 10.3 Å². The van der Waals surface area contributed by atoms with Gasteiger partial charge in [-0.05, 0) is 42.3 Å². The van der Waals surface area contributed by atoms with E-state index in [2.05, 4.69) is 13.0 Å². The number of amides is 1. The number of hydrogen-bond acceptors (Lipinski definition) is 1. The lowest BCUT2D eigenvalue weighted by molar-refractivity contribution is 0.100. The number of hydrogen-bond donors (Lipinski definition) is 1. The van der Waals surface area contributed by atoms with E-state index in [0.717, 1.165) is 33.8 Å². The molecule has 5 heteroatoms. The van der Waals surface area contributed by atoms with Crippen LogP contribution >= 0.6 is 11.6 Å². The van der Waals surface area contributed by atoms with Gasteiger partial charge >= 0.3 is 0 Å². The molecule has 3 aromatic carbocycles. The van der Waals surface area contributed by atoms with Crippen LogP contribution in [0.4, 0.5) is 4.39 Å².